The van der Waals surface area contributed by atoms with Crippen molar-refractivity contribution < 1.29 is 42.1 Å². The molecule has 0 aliphatic rings. The first-order valence-corrected chi connectivity index (χ1v) is 5.25. The van der Waals surface area contributed by atoms with E-state index in [9.17, 15) is 0 Å². The second kappa shape index (κ2) is 10.6. The Morgan fingerprint density at radius 1 is 0.944 bits per heavy atom. The van der Waals surface area contributed by atoms with E-state index in [1.54, 1.807) is 21.8 Å². The van der Waals surface area contributed by atoms with E-state index < -0.39 is 0 Å². The van der Waals surface area contributed by atoms with Crippen LogP contribution in [0.3, 0.4) is 0 Å². The maximum Gasteiger partial charge on any atom is 0.0693 e. The molecule has 0 aliphatic heterocycles. The Labute approximate surface area is 136 Å². The van der Waals surface area contributed by atoms with Crippen LogP contribution >= 0.6 is 0 Å². The Kier molecular flexibility index (Phi) is 11.7. The van der Waals surface area contributed by atoms with Gasteiger partial charge in [0.05, 0.1) is 6.20 Å². The molecule has 8 heteroatoms. The molecule has 0 atom stereocenters. The van der Waals surface area contributed by atoms with Crippen LogP contribution in [-0.2, 0) is 42.1 Å². The molecule has 0 N–H and O–H groups in total. The summed E-state index contributed by atoms with van der Waals surface area (Å²) in [5.74, 6) is 0. The molecule has 6 nitrogen and oxygen atoms in total. The van der Waals surface area contributed by atoms with E-state index in [2.05, 4.69) is 40.7 Å². The monoisotopic (exact) mass is 611 g/mol. The predicted molar refractivity (Wildman–Crippen MR) is 59.7 cm³/mol. The van der Waals surface area contributed by atoms with Crippen LogP contribution in [0.4, 0.5) is 0 Å². The topological polar surface area (TPSA) is 61.4 Å². The quantitative estimate of drug-likeness (QED) is 0.484. The third-order valence-corrected chi connectivity index (χ3v) is 1.85. The van der Waals surface area contributed by atoms with Gasteiger partial charge in [0.1, 0.15) is 0 Å². The Balaban J connectivity index is 0. The summed E-state index contributed by atoms with van der Waals surface area (Å²) in [5, 5.41) is 14.8. The van der Waals surface area contributed by atoms with Crippen molar-refractivity contribution in [2.24, 2.45) is 0 Å². The number of aromatic nitrogens is 6. The fourth-order valence-electron chi connectivity index (χ4n) is 0.937. The average molecular weight is 611 g/mol. The van der Waals surface area contributed by atoms with Crippen LogP contribution in [0.1, 0.15) is 39.8 Å². The fraction of sp³-hybridized carbons (Fsp3) is 0.600. The molecule has 2 aromatic heterocycles. The molecule has 0 aromatic carbocycles. The predicted octanol–water partition coefficient (Wildman–Crippen LogP) is 1.51. The third-order valence-electron chi connectivity index (χ3n) is 1.85. The van der Waals surface area contributed by atoms with E-state index in [1.165, 1.54) is 0 Å². The van der Waals surface area contributed by atoms with Crippen molar-refractivity contribution in [3.8, 4) is 0 Å². The second-order valence-electron chi connectivity index (χ2n) is 3.88. The minimum atomic E-state index is 0. The van der Waals surface area contributed by atoms with Gasteiger partial charge in [-0.2, -0.15) is 5.10 Å². The number of rotatable bonds is 2. The number of hydrogen-bond donors (Lipinski definition) is 0. The van der Waals surface area contributed by atoms with Gasteiger partial charge in [-0.25, -0.2) is 0 Å². The molecule has 18 heavy (non-hydrogen) atoms. The molecule has 0 unspecified atom stereocenters. The number of hydrogen-bond acceptors (Lipinski definition) is 4. The van der Waals surface area contributed by atoms with Crippen LogP contribution in [0, 0.1) is 6.20 Å². The van der Waals surface area contributed by atoms with Crippen molar-refractivity contribution in [2.75, 3.05) is 0 Å². The van der Waals surface area contributed by atoms with Crippen molar-refractivity contribution in [1.29, 1.82) is 0 Å². The van der Waals surface area contributed by atoms with E-state index in [-0.39, 0.29) is 42.1 Å². The summed E-state index contributed by atoms with van der Waals surface area (Å²) in [7, 11) is 0. The molecule has 2 rings (SSSR count). The molecular formula is C10H17N6Pt2-. The fourth-order valence-corrected chi connectivity index (χ4v) is 0.937. The summed E-state index contributed by atoms with van der Waals surface area (Å²) in [5.41, 5.74) is 0. The minimum absolute atomic E-state index is 0. The molecule has 0 saturated heterocycles. The van der Waals surface area contributed by atoms with Crippen molar-refractivity contribution in [3.63, 3.8) is 0 Å². The third kappa shape index (κ3) is 7.17. The molecule has 0 fully saturated rings. The molecule has 0 bridgehead atoms. The molecule has 0 radical (unpaired) electrons. The SMILES string of the molecule is CC(C)n1[c-]cnn1.CC(C)n1ccnn1.[Pt].[Pt]. The van der Waals surface area contributed by atoms with Gasteiger partial charge < -0.3 is 10.9 Å². The van der Waals surface area contributed by atoms with Crippen LogP contribution < -0.4 is 0 Å². The standard InChI is InChI=1S/C5H9N3.C5H8N3.2Pt/c2*1-5(2)8-4-3-6-7-8;;/h3-5H,1-2H3;3,5H,1-2H3;;/q;-1;;. The van der Waals surface area contributed by atoms with Crippen LogP contribution in [0.25, 0.3) is 0 Å². The summed E-state index contributed by atoms with van der Waals surface area (Å²) in [6, 6.07) is 0.801. The molecule has 0 aliphatic carbocycles. The first-order valence-electron chi connectivity index (χ1n) is 5.25. The van der Waals surface area contributed by atoms with Crippen molar-refractivity contribution >= 4 is 0 Å². The maximum atomic E-state index is 3.78. The largest absolute Gasteiger partial charge is 0.424 e. The molecule has 2 aromatic rings. The molecule has 0 spiro atoms. The van der Waals surface area contributed by atoms with Crippen LogP contribution in [0.2, 0.25) is 0 Å². The van der Waals surface area contributed by atoms with Crippen LogP contribution in [0.5, 0.6) is 0 Å². The smallest absolute Gasteiger partial charge is 0.0693 e. The van der Waals surface area contributed by atoms with Gasteiger partial charge in [-0.05, 0) is 27.7 Å². The maximum absolute atomic E-state index is 3.78. The molecule has 0 amide bonds. The minimum Gasteiger partial charge on any atom is -0.424 e. The molecule has 108 valence electrons. The van der Waals surface area contributed by atoms with Gasteiger partial charge in [0.15, 0.2) is 0 Å². The van der Waals surface area contributed by atoms with Gasteiger partial charge in [-0.1, -0.05) is 5.21 Å². The van der Waals surface area contributed by atoms with E-state index in [0.29, 0.717) is 12.1 Å². The number of nitrogens with zero attached hydrogens (tertiary/aromatic N) is 6. The van der Waals surface area contributed by atoms with Gasteiger partial charge in [-0.3, -0.25) is 4.68 Å². The Morgan fingerprint density at radius 2 is 1.61 bits per heavy atom. The summed E-state index contributed by atoms with van der Waals surface area (Å²) >= 11 is 0. The van der Waals surface area contributed by atoms with E-state index in [0.717, 1.165) is 0 Å². The zero-order valence-electron chi connectivity index (χ0n) is 10.7. The van der Waals surface area contributed by atoms with E-state index >= 15 is 0 Å². The van der Waals surface area contributed by atoms with Gasteiger partial charge >= 0.3 is 0 Å². The summed E-state index contributed by atoms with van der Waals surface area (Å²) in [4.78, 5) is 0. The molecular weight excluding hydrogens is 594 g/mol. The van der Waals surface area contributed by atoms with Crippen molar-refractivity contribution in [3.05, 3.63) is 24.8 Å². The van der Waals surface area contributed by atoms with E-state index in [1.807, 2.05) is 20.0 Å². The first-order chi connectivity index (χ1) is 7.61. The summed E-state index contributed by atoms with van der Waals surface area (Å²) in [6.45, 7) is 8.19. The first kappa shape index (κ1) is 20.0. The Morgan fingerprint density at radius 3 is 1.83 bits per heavy atom. The second-order valence-corrected chi connectivity index (χ2v) is 3.88. The van der Waals surface area contributed by atoms with Crippen molar-refractivity contribution in [1.82, 2.24) is 30.0 Å². The van der Waals surface area contributed by atoms with E-state index in [4.69, 9.17) is 0 Å². The normalized spacial score (nSPS) is 9.22. The summed E-state index contributed by atoms with van der Waals surface area (Å²) < 4.78 is 3.49. The van der Waals surface area contributed by atoms with Crippen LogP contribution in [-0.4, -0.2) is 30.0 Å². The van der Waals surface area contributed by atoms with Crippen LogP contribution in [0.15, 0.2) is 18.6 Å². The molecule has 2 heterocycles. The Hall–Kier alpha value is -0.343. The average Bonchev–Trinajstić information content (AvgIpc) is 2.93. The zero-order chi connectivity index (χ0) is 12.0. The Bertz CT molecular complexity index is 333. The van der Waals surface area contributed by atoms with Gasteiger partial charge in [0, 0.05) is 60.4 Å². The zero-order valence-corrected chi connectivity index (χ0v) is 15.2. The summed E-state index contributed by atoms with van der Waals surface area (Å²) in [6.07, 6.45) is 7.92. The van der Waals surface area contributed by atoms with Gasteiger partial charge in [0.25, 0.3) is 0 Å². The molecule has 0 saturated carbocycles. The van der Waals surface area contributed by atoms with Gasteiger partial charge in [0.2, 0.25) is 0 Å². The van der Waals surface area contributed by atoms with Crippen molar-refractivity contribution in [2.45, 2.75) is 39.8 Å². The van der Waals surface area contributed by atoms with Gasteiger partial charge in [-0.15, -0.1) is 16.5 Å².